The second-order valence-electron chi connectivity index (χ2n) is 4.18. The first-order chi connectivity index (χ1) is 7.10. The van der Waals surface area contributed by atoms with Gasteiger partial charge in [0.2, 0.25) is 0 Å². The molecule has 82 valence electrons. The van der Waals surface area contributed by atoms with E-state index in [4.69, 9.17) is 4.74 Å². The predicted octanol–water partition coefficient (Wildman–Crippen LogP) is 2.68. The Bertz CT molecular complexity index is 353. The summed E-state index contributed by atoms with van der Waals surface area (Å²) in [6.45, 7) is 2.65. The molecule has 1 aliphatic rings. The summed E-state index contributed by atoms with van der Waals surface area (Å²) >= 11 is 2.27. The van der Waals surface area contributed by atoms with Crippen LogP contribution in [0, 0.1) is 3.57 Å². The molecule has 1 N–H and O–H groups in total. The number of hydrogen-bond donors (Lipinski definition) is 1. The van der Waals surface area contributed by atoms with E-state index in [0.717, 1.165) is 9.13 Å². The van der Waals surface area contributed by atoms with Crippen molar-refractivity contribution in [3.05, 3.63) is 33.4 Å². The average molecular weight is 318 g/mol. The Kier molecular flexibility index (Phi) is 3.33. The van der Waals surface area contributed by atoms with Gasteiger partial charge in [-0.3, -0.25) is 0 Å². The van der Waals surface area contributed by atoms with Crippen LogP contribution in [0.3, 0.4) is 0 Å². The predicted molar refractivity (Wildman–Crippen MR) is 67.7 cm³/mol. The highest BCUT2D eigenvalue weighted by Crippen LogP contribution is 2.34. The molecule has 0 saturated carbocycles. The van der Waals surface area contributed by atoms with E-state index in [1.807, 2.05) is 25.1 Å². The number of rotatable bonds is 1. The summed E-state index contributed by atoms with van der Waals surface area (Å²) in [6, 6.07) is 8.09. The summed E-state index contributed by atoms with van der Waals surface area (Å²) in [5, 5.41) is 10.6. The maximum Gasteiger partial charge on any atom is 0.0943 e. The van der Waals surface area contributed by atoms with Crippen molar-refractivity contribution in [3.63, 3.8) is 0 Å². The van der Waals surface area contributed by atoms with Crippen molar-refractivity contribution in [1.29, 1.82) is 0 Å². The summed E-state index contributed by atoms with van der Waals surface area (Å²) in [6.07, 6.45) is 1.52. The number of ether oxygens (including phenoxy) is 1. The van der Waals surface area contributed by atoms with Crippen LogP contribution in [-0.4, -0.2) is 17.8 Å². The first-order valence-corrected chi connectivity index (χ1v) is 6.28. The third kappa shape index (κ3) is 2.52. The van der Waals surface area contributed by atoms with Crippen molar-refractivity contribution in [2.45, 2.75) is 31.5 Å². The molecular formula is C12H15IO2. The zero-order valence-electron chi connectivity index (χ0n) is 8.74. The minimum Gasteiger partial charge on any atom is -0.385 e. The Balaban J connectivity index is 2.28. The summed E-state index contributed by atoms with van der Waals surface area (Å²) in [7, 11) is 0. The second kappa shape index (κ2) is 4.39. The maximum atomic E-state index is 10.6. The summed E-state index contributed by atoms with van der Waals surface area (Å²) in [5.74, 6) is 0. The normalized spacial score (nSPS) is 31.5. The van der Waals surface area contributed by atoms with Crippen molar-refractivity contribution in [3.8, 4) is 0 Å². The number of benzene rings is 1. The van der Waals surface area contributed by atoms with Crippen LogP contribution in [0.4, 0.5) is 0 Å². The third-order valence-electron chi connectivity index (χ3n) is 2.91. The minimum atomic E-state index is -0.696. The molecule has 0 radical (unpaired) electrons. The lowest BCUT2D eigenvalue weighted by atomic mass is 9.84. The van der Waals surface area contributed by atoms with E-state index >= 15 is 0 Å². The molecule has 0 aromatic heterocycles. The Hall–Kier alpha value is -0.130. The first-order valence-electron chi connectivity index (χ1n) is 5.20. The molecule has 1 aliphatic heterocycles. The van der Waals surface area contributed by atoms with Gasteiger partial charge in [0.05, 0.1) is 18.3 Å². The van der Waals surface area contributed by atoms with E-state index in [1.54, 1.807) is 0 Å². The molecule has 1 aromatic carbocycles. The van der Waals surface area contributed by atoms with Crippen LogP contribution in [0.5, 0.6) is 0 Å². The Labute approximate surface area is 104 Å². The largest absolute Gasteiger partial charge is 0.385 e. The van der Waals surface area contributed by atoms with Crippen molar-refractivity contribution in [2.24, 2.45) is 0 Å². The van der Waals surface area contributed by atoms with Gasteiger partial charge < -0.3 is 9.84 Å². The number of aliphatic hydroxyl groups is 1. The lowest BCUT2D eigenvalue weighted by molar-refractivity contribution is -0.101. The molecule has 2 unspecified atom stereocenters. The van der Waals surface area contributed by atoms with Gasteiger partial charge in [0.25, 0.3) is 0 Å². The smallest absolute Gasteiger partial charge is 0.0943 e. The molecule has 3 heteroatoms. The Morgan fingerprint density at radius 2 is 2.33 bits per heavy atom. The monoisotopic (exact) mass is 318 g/mol. The van der Waals surface area contributed by atoms with Crippen molar-refractivity contribution < 1.29 is 9.84 Å². The molecule has 0 spiro atoms. The Morgan fingerprint density at radius 1 is 1.53 bits per heavy atom. The molecule has 0 amide bonds. The van der Waals surface area contributed by atoms with Crippen LogP contribution in [-0.2, 0) is 10.3 Å². The molecule has 2 rings (SSSR count). The highest BCUT2D eigenvalue weighted by atomic mass is 127. The molecule has 1 fully saturated rings. The van der Waals surface area contributed by atoms with Crippen molar-refractivity contribution in [2.75, 3.05) is 6.61 Å². The van der Waals surface area contributed by atoms with Crippen molar-refractivity contribution >= 4 is 22.6 Å². The van der Waals surface area contributed by atoms with Gasteiger partial charge in [-0.25, -0.2) is 0 Å². The zero-order valence-corrected chi connectivity index (χ0v) is 10.9. The number of hydrogen-bond acceptors (Lipinski definition) is 2. The molecule has 0 aliphatic carbocycles. The SMILES string of the molecule is CC1CC(O)(c2cccc(I)c2)CCO1. The fraction of sp³-hybridized carbons (Fsp3) is 0.500. The molecule has 1 heterocycles. The van der Waals surface area contributed by atoms with Gasteiger partial charge in [0.1, 0.15) is 0 Å². The lowest BCUT2D eigenvalue weighted by Gasteiger charge is -2.36. The van der Waals surface area contributed by atoms with Gasteiger partial charge in [0, 0.05) is 16.4 Å². The molecule has 2 atom stereocenters. The van der Waals surface area contributed by atoms with E-state index in [1.165, 1.54) is 0 Å². The topological polar surface area (TPSA) is 29.5 Å². The molecule has 15 heavy (non-hydrogen) atoms. The third-order valence-corrected chi connectivity index (χ3v) is 3.58. The van der Waals surface area contributed by atoms with Crippen LogP contribution < -0.4 is 0 Å². The molecule has 0 bridgehead atoms. The van der Waals surface area contributed by atoms with Crippen LogP contribution >= 0.6 is 22.6 Å². The Morgan fingerprint density at radius 3 is 3.00 bits per heavy atom. The van der Waals surface area contributed by atoms with Crippen LogP contribution in [0.25, 0.3) is 0 Å². The minimum absolute atomic E-state index is 0.140. The molecular weight excluding hydrogens is 303 g/mol. The van der Waals surface area contributed by atoms with Crippen LogP contribution in [0.1, 0.15) is 25.3 Å². The standard InChI is InChI=1S/C12H15IO2/c1-9-8-12(14,5-6-15-9)10-3-2-4-11(13)7-10/h2-4,7,9,14H,5-6,8H2,1H3. The summed E-state index contributed by atoms with van der Waals surface area (Å²) in [5.41, 5.74) is 0.323. The first kappa shape index (κ1) is 11.4. The van der Waals surface area contributed by atoms with E-state index in [2.05, 4.69) is 28.7 Å². The van der Waals surface area contributed by atoms with Crippen LogP contribution in [0.2, 0.25) is 0 Å². The van der Waals surface area contributed by atoms with Gasteiger partial charge in [-0.15, -0.1) is 0 Å². The van der Waals surface area contributed by atoms with Gasteiger partial charge in [0.15, 0.2) is 0 Å². The molecule has 1 aromatic rings. The lowest BCUT2D eigenvalue weighted by Crippen LogP contribution is -2.37. The highest BCUT2D eigenvalue weighted by molar-refractivity contribution is 14.1. The molecule has 1 saturated heterocycles. The number of halogens is 1. The highest BCUT2D eigenvalue weighted by Gasteiger charge is 2.34. The fourth-order valence-electron chi connectivity index (χ4n) is 2.11. The fourth-order valence-corrected chi connectivity index (χ4v) is 2.65. The van der Waals surface area contributed by atoms with Crippen LogP contribution in [0.15, 0.2) is 24.3 Å². The van der Waals surface area contributed by atoms with E-state index in [0.29, 0.717) is 19.4 Å². The second-order valence-corrected chi connectivity index (χ2v) is 5.42. The maximum absolute atomic E-state index is 10.6. The van der Waals surface area contributed by atoms with E-state index in [-0.39, 0.29) is 6.10 Å². The van der Waals surface area contributed by atoms with Gasteiger partial charge >= 0.3 is 0 Å². The zero-order chi connectivity index (χ0) is 10.9. The van der Waals surface area contributed by atoms with E-state index in [9.17, 15) is 5.11 Å². The average Bonchev–Trinajstić information content (AvgIpc) is 2.17. The van der Waals surface area contributed by atoms with E-state index < -0.39 is 5.60 Å². The summed E-state index contributed by atoms with van der Waals surface area (Å²) < 4.78 is 6.63. The van der Waals surface area contributed by atoms with Crippen molar-refractivity contribution in [1.82, 2.24) is 0 Å². The summed E-state index contributed by atoms with van der Waals surface area (Å²) in [4.78, 5) is 0. The quantitative estimate of drug-likeness (QED) is 0.807. The van der Waals surface area contributed by atoms with Gasteiger partial charge in [-0.2, -0.15) is 0 Å². The van der Waals surface area contributed by atoms with Gasteiger partial charge in [-0.1, -0.05) is 12.1 Å². The molecule has 2 nitrogen and oxygen atoms in total. The van der Waals surface area contributed by atoms with Gasteiger partial charge in [-0.05, 0) is 47.2 Å².